The number of halogens is 2. The van der Waals surface area contributed by atoms with E-state index in [1.165, 1.54) is 18.2 Å². The van der Waals surface area contributed by atoms with Gasteiger partial charge in [0, 0.05) is 0 Å². The summed E-state index contributed by atoms with van der Waals surface area (Å²) in [6.45, 7) is 0.194. The van der Waals surface area contributed by atoms with Gasteiger partial charge in [-0.25, -0.2) is 4.39 Å². The molecule has 5 heteroatoms. The third kappa shape index (κ3) is 3.33. The van der Waals surface area contributed by atoms with Crippen molar-refractivity contribution in [2.45, 2.75) is 6.42 Å². The van der Waals surface area contributed by atoms with E-state index < -0.39 is 5.91 Å². The molecule has 0 fully saturated rings. The maximum Gasteiger partial charge on any atom is 0.220 e. The Kier molecular flexibility index (Phi) is 3.88. The lowest BCUT2D eigenvalue weighted by Gasteiger charge is -2.06. The van der Waals surface area contributed by atoms with Crippen molar-refractivity contribution >= 4 is 21.8 Å². The summed E-state index contributed by atoms with van der Waals surface area (Å²) in [6, 6.07) is 4.06. The van der Waals surface area contributed by atoms with Gasteiger partial charge in [0.05, 0.1) is 17.5 Å². The van der Waals surface area contributed by atoms with Gasteiger partial charge in [0.1, 0.15) is 11.6 Å². The summed E-state index contributed by atoms with van der Waals surface area (Å²) in [7, 11) is 0. The molecule has 76 valence electrons. The molecule has 1 aromatic rings. The van der Waals surface area contributed by atoms with Gasteiger partial charge in [0.2, 0.25) is 5.91 Å². The molecule has 14 heavy (non-hydrogen) atoms. The molecule has 1 aromatic carbocycles. The van der Waals surface area contributed by atoms with Gasteiger partial charge in [-0.2, -0.15) is 0 Å². The van der Waals surface area contributed by atoms with E-state index in [-0.39, 0.29) is 18.8 Å². The minimum Gasteiger partial charge on any atom is -0.492 e. The van der Waals surface area contributed by atoms with Crippen molar-refractivity contribution in [2.24, 2.45) is 5.73 Å². The highest BCUT2D eigenvalue weighted by Gasteiger charge is 2.02. The molecule has 0 radical (unpaired) electrons. The minimum atomic E-state index is -0.428. The van der Waals surface area contributed by atoms with Crippen LogP contribution in [0.15, 0.2) is 22.7 Å². The van der Waals surface area contributed by atoms with E-state index >= 15 is 0 Å². The van der Waals surface area contributed by atoms with E-state index in [2.05, 4.69) is 15.9 Å². The number of rotatable bonds is 4. The highest BCUT2D eigenvalue weighted by atomic mass is 79.9. The SMILES string of the molecule is NC(=O)CCOc1ccc(F)cc1Br. The number of carbonyl (C=O) groups excluding carboxylic acids is 1. The summed E-state index contributed by atoms with van der Waals surface area (Å²) in [6.07, 6.45) is 0.143. The summed E-state index contributed by atoms with van der Waals surface area (Å²) in [5.41, 5.74) is 4.93. The van der Waals surface area contributed by atoms with Gasteiger partial charge in [-0.3, -0.25) is 4.79 Å². The molecule has 0 heterocycles. The number of amides is 1. The summed E-state index contributed by atoms with van der Waals surface area (Å²) in [5, 5.41) is 0. The van der Waals surface area contributed by atoms with Crippen LogP contribution in [-0.4, -0.2) is 12.5 Å². The Labute approximate surface area is 89.2 Å². The number of benzene rings is 1. The summed E-state index contributed by atoms with van der Waals surface area (Å²) in [5.74, 6) is -0.282. The Bertz CT molecular complexity index is 344. The van der Waals surface area contributed by atoms with E-state index in [9.17, 15) is 9.18 Å². The van der Waals surface area contributed by atoms with Gasteiger partial charge in [-0.1, -0.05) is 0 Å². The van der Waals surface area contributed by atoms with Crippen LogP contribution in [0.2, 0.25) is 0 Å². The Hall–Kier alpha value is -1.10. The second kappa shape index (κ2) is 4.95. The van der Waals surface area contributed by atoms with Crippen molar-refractivity contribution in [3.63, 3.8) is 0 Å². The monoisotopic (exact) mass is 261 g/mol. The van der Waals surface area contributed by atoms with Crippen LogP contribution in [0.4, 0.5) is 4.39 Å². The quantitative estimate of drug-likeness (QED) is 0.900. The first-order valence-corrected chi connectivity index (χ1v) is 4.75. The third-order valence-electron chi connectivity index (χ3n) is 1.50. The van der Waals surface area contributed by atoms with Crippen molar-refractivity contribution in [1.29, 1.82) is 0 Å². The van der Waals surface area contributed by atoms with E-state index in [0.717, 1.165) is 0 Å². The number of nitrogens with two attached hydrogens (primary N) is 1. The highest BCUT2D eigenvalue weighted by molar-refractivity contribution is 9.10. The van der Waals surface area contributed by atoms with Crippen LogP contribution in [0, 0.1) is 5.82 Å². The number of carbonyl (C=O) groups is 1. The lowest BCUT2D eigenvalue weighted by atomic mass is 10.3. The number of primary amides is 1. The molecule has 0 bridgehead atoms. The van der Waals surface area contributed by atoms with Gasteiger partial charge < -0.3 is 10.5 Å². The van der Waals surface area contributed by atoms with Crippen molar-refractivity contribution in [3.8, 4) is 5.75 Å². The summed E-state index contributed by atoms with van der Waals surface area (Å²) >= 11 is 3.13. The standard InChI is InChI=1S/C9H9BrFNO2/c10-7-5-6(11)1-2-8(7)14-4-3-9(12)13/h1-2,5H,3-4H2,(H2,12,13). The van der Waals surface area contributed by atoms with Gasteiger partial charge in [0.15, 0.2) is 0 Å². The predicted molar refractivity (Wildman–Crippen MR) is 53.4 cm³/mol. The van der Waals surface area contributed by atoms with Gasteiger partial charge in [-0.05, 0) is 34.1 Å². The Morgan fingerprint density at radius 2 is 2.29 bits per heavy atom. The van der Waals surface area contributed by atoms with Crippen LogP contribution in [0.25, 0.3) is 0 Å². The van der Waals surface area contributed by atoms with Crippen molar-refractivity contribution in [3.05, 3.63) is 28.5 Å². The summed E-state index contributed by atoms with van der Waals surface area (Å²) < 4.78 is 18.3. The van der Waals surface area contributed by atoms with Crippen LogP contribution in [0.3, 0.4) is 0 Å². The molecule has 0 aliphatic heterocycles. The second-order valence-electron chi connectivity index (χ2n) is 2.64. The predicted octanol–water partition coefficient (Wildman–Crippen LogP) is 1.84. The van der Waals surface area contributed by atoms with Crippen LogP contribution < -0.4 is 10.5 Å². The molecule has 0 unspecified atom stereocenters. The maximum atomic E-state index is 12.6. The molecule has 0 saturated carbocycles. The molecule has 3 nitrogen and oxygen atoms in total. The van der Waals surface area contributed by atoms with E-state index in [0.29, 0.717) is 10.2 Å². The fraction of sp³-hybridized carbons (Fsp3) is 0.222. The first-order valence-electron chi connectivity index (χ1n) is 3.96. The van der Waals surface area contributed by atoms with Crippen LogP contribution in [0.5, 0.6) is 5.75 Å². The molecular formula is C9H9BrFNO2. The molecule has 0 aliphatic carbocycles. The van der Waals surface area contributed by atoms with Crippen molar-refractivity contribution in [2.75, 3.05) is 6.61 Å². The Balaban J connectivity index is 2.55. The number of hydrogen-bond donors (Lipinski definition) is 1. The molecular weight excluding hydrogens is 253 g/mol. The largest absolute Gasteiger partial charge is 0.492 e. The normalized spacial score (nSPS) is 9.86. The van der Waals surface area contributed by atoms with E-state index in [1.54, 1.807) is 0 Å². The Morgan fingerprint density at radius 3 is 2.86 bits per heavy atom. The molecule has 1 rings (SSSR count). The lowest BCUT2D eigenvalue weighted by molar-refractivity contribution is -0.118. The zero-order chi connectivity index (χ0) is 10.6. The maximum absolute atomic E-state index is 12.6. The van der Waals surface area contributed by atoms with Crippen molar-refractivity contribution in [1.82, 2.24) is 0 Å². The number of ether oxygens (including phenoxy) is 1. The topological polar surface area (TPSA) is 52.3 Å². The third-order valence-corrected chi connectivity index (χ3v) is 2.12. The average Bonchev–Trinajstić information content (AvgIpc) is 2.08. The first kappa shape index (κ1) is 11.0. The van der Waals surface area contributed by atoms with Crippen LogP contribution in [-0.2, 0) is 4.79 Å². The first-order chi connectivity index (χ1) is 6.59. The highest BCUT2D eigenvalue weighted by Crippen LogP contribution is 2.25. The lowest BCUT2D eigenvalue weighted by Crippen LogP contribution is -2.14. The van der Waals surface area contributed by atoms with E-state index in [4.69, 9.17) is 10.5 Å². The van der Waals surface area contributed by atoms with Gasteiger partial charge in [0.25, 0.3) is 0 Å². The number of hydrogen-bond acceptors (Lipinski definition) is 2. The average molecular weight is 262 g/mol. The Morgan fingerprint density at radius 1 is 1.57 bits per heavy atom. The molecule has 0 aromatic heterocycles. The van der Waals surface area contributed by atoms with E-state index in [1.807, 2.05) is 0 Å². The second-order valence-corrected chi connectivity index (χ2v) is 3.49. The minimum absolute atomic E-state index is 0.143. The van der Waals surface area contributed by atoms with Crippen molar-refractivity contribution < 1.29 is 13.9 Å². The molecule has 1 amide bonds. The zero-order valence-electron chi connectivity index (χ0n) is 7.30. The molecule has 2 N–H and O–H groups in total. The van der Waals surface area contributed by atoms with Crippen LogP contribution in [0.1, 0.15) is 6.42 Å². The fourth-order valence-electron chi connectivity index (χ4n) is 0.854. The fourth-order valence-corrected chi connectivity index (χ4v) is 1.32. The molecule has 0 saturated heterocycles. The molecule has 0 atom stereocenters. The molecule has 0 spiro atoms. The zero-order valence-corrected chi connectivity index (χ0v) is 8.88. The summed E-state index contributed by atoms with van der Waals surface area (Å²) in [4.78, 5) is 10.4. The smallest absolute Gasteiger partial charge is 0.220 e. The van der Waals surface area contributed by atoms with Gasteiger partial charge in [-0.15, -0.1) is 0 Å². The molecule has 0 aliphatic rings. The van der Waals surface area contributed by atoms with Gasteiger partial charge >= 0.3 is 0 Å². The van der Waals surface area contributed by atoms with Crippen LogP contribution >= 0.6 is 15.9 Å².